The third-order valence-electron chi connectivity index (χ3n) is 2.43. The molecule has 0 heterocycles. The highest BCUT2D eigenvalue weighted by Crippen LogP contribution is 2.24. The van der Waals surface area contributed by atoms with Crippen LogP contribution in [0.15, 0.2) is 30.3 Å². The SMILES string of the molecule is O=C([O-])c1ccc2cc([O-])ccc2c1C(=O)O. The Morgan fingerprint density at radius 1 is 1.12 bits per heavy atom. The van der Waals surface area contributed by atoms with E-state index in [0.29, 0.717) is 5.39 Å². The van der Waals surface area contributed by atoms with Gasteiger partial charge >= 0.3 is 5.97 Å². The van der Waals surface area contributed by atoms with Crippen molar-refractivity contribution in [1.82, 2.24) is 0 Å². The molecule has 0 unspecified atom stereocenters. The molecule has 2 aromatic carbocycles. The van der Waals surface area contributed by atoms with Crippen molar-refractivity contribution < 1.29 is 24.9 Å². The Hall–Kier alpha value is -2.56. The maximum Gasteiger partial charge on any atom is 0.336 e. The van der Waals surface area contributed by atoms with Gasteiger partial charge in [-0.3, -0.25) is 0 Å². The fraction of sp³-hybridized carbons (Fsp3) is 0. The zero-order valence-corrected chi connectivity index (χ0v) is 8.47. The molecule has 0 saturated heterocycles. The molecule has 0 fully saturated rings. The second kappa shape index (κ2) is 3.79. The Labute approximate surface area is 95.5 Å². The molecule has 5 nitrogen and oxygen atoms in total. The molecule has 0 spiro atoms. The predicted octanol–water partition coefficient (Wildman–Crippen LogP) is -0.0249. The van der Waals surface area contributed by atoms with Gasteiger partial charge in [0.15, 0.2) is 0 Å². The third-order valence-corrected chi connectivity index (χ3v) is 2.43. The molecule has 2 rings (SSSR count). The average Bonchev–Trinajstić information content (AvgIpc) is 2.26. The molecule has 5 heteroatoms. The molecule has 0 saturated carbocycles. The van der Waals surface area contributed by atoms with Gasteiger partial charge in [0.05, 0.1) is 11.5 Å². The number of aromatic carboxylic acids is 2. The maximum absolute atomic E-state index is 11.1. The van der Waals surface area contributed by atoms with Crippen LogP contribution in [0.1, 0.15) is 20.7 Å². The van der Waals surface area contributed by atoms with Gasteiger partial charge in [0.2, 0.25) is 0 Å². The minimum atomic E-state index is -1.56. The van der Waals surface area contributed by atoms with E-state index in [4.69, 9.17) is 5.11 Å². The smallest absolute Gasteiger partial charge is 0.336 e. The standard InChI is InChI=1S/C12H8O5/c13-7-2-4-8-6(5-7)1-3-9(11(14)15)10(8)12(16)17/h1-5,13H,(H,14,15)(H,16,17)/p-2. The van der Waals surface area contributed by atoms with Crippen LogP contribution in [0.4, 0.5) is 0 Å². The molecule has 0 aliphatic carbocycles. The van der Waals surface area contributed by atoms with Gasteiger partial charge in [-0.25, -0.2) is 4.79 Å². The number of rotatable bonds is 2. The van der Waals surface area contributed by atoms with E-state index in [1.54, 1.807) is 0 Å². The van der Waals surface area contributed by atoms with Crippen molar-refractivity contribution >= 4 is 22.7 Å². The molecule has 2 aromatic rings. The summed E-state index contributed by atoms with van der Waals surface area (Å²) < 4.78 is 0. The van der Waals surface area contributed by atoms with Crippen LogP contribution in [-0.2, 0) is 0 Å². The van der Waals surface area contributed by atoms with E-state index in [1.807, 2.05) is 0 Å². The normalized spacial score (nSPS) is 10.4. The number of carboxylic acids is 2. The number of carbonyl (C=O) groups is 2. The molecule has 0 aliphatic heterocycles. The number of hydrogen-bond donors (Lipinski definition) is 1. The van der Waals surface area contributed by atoms with Gasteiger partial charge in [-0.1, -0.05) is 30.3 Å². The molecule has 0 radical (unpaired) electrons. The Morgan fingerprint density at radius 3 is 2.41 bits per heavy atom. The lowest BCUT2D eigenvalue weighted by Gasteiger charge is -2.12. The summed E-state index contributed by atoms with van der Waals surface area (Å²) in [4.78, 5) is 21.9. The van der Waals surface area contributed by atoms with E-state index >= 15 is 0 Å². The number of fused-ring (bicyclic) bond motifs is 1. The van der Waals surface area contributed by atoms with Crippen LogP contribution in [0.2, 0.25) is 0 Å². The molecule has 17 heavy (non-hydrogen) atoms. The molecular weight excluding hydrogens is 224 g/mol. The van der Waals surface area contributed by atoms with E-state index in [1.165, 1.54) is 24.3 Å². The lowest BCUT2D eigenvalue weighted by molar-refractivity contribution is -0.268. The van der Waals surface area contributed by atoms with Gasteiger partial charge in [0, 0.05) is 5.56 Å². The summed E-state index contributed by atoms with van der Waals surface area (Å²) in [7, 11) is 0. The van der Waals surface area contributed by atoms with Gasteiger partial charge in [-0.15, -0.1) is 5.75 Å². The van der Waals surface area contributed by atoms with Crippen LogP contribution in [0, 0.1) is 0 Å². The fourth-order valence-corrected chi connectivity index (χ4v) is 1.71. The summed E-state index contributed by atoms with van der Waals surface area (Å²) in [6.07, 6.45) is 0. The molecule has 86 valence electrons. The van der Waals surface area contributed by atoms with E-state index in [0.717, 1.165) is 6.07 Å². The van der Waals surface area contributed by atoms with Crippen molar-refractivity contribution in [2.75, 3.05) is 0 Å². The zero-order valence-electron chi connectivity index (χ0n) is 8.47. The summed E-state index contributed by atoms with van der Waals surface area (Å²) in [5.41, 5.74) is -0.758. The van der Waals surface area contributed by atoms with Crippen LogP contribution in [0.25, 0.3) is 10.8 Å². The first kappa shape index (κ1) is 10.9. The first-order valence-electron chi connectivity index (χ1n) is 4.69. The number of carboxylic acid groups (broad SMARTS) is 2. The summed E-state index contributed by atoms with van der Waals surface area (Å²) >= 11 is 0. The Bertz CT molecular complexity index is 630. The second-order valence-corrected chi connectivity index (χ2v) is 3.46. The van der Waals surface area contributed by atoms with Crippen LogP contribution in [-0.4, -0.2) is 17.0 Å². The van der Waals surface area contributed by atoms with Crippen LogP contribution in [0.5, 0.6) is 5.75 Å². The van der Waals surface area contributed by atoms with E-state index in [-0.39, 0.29) is 16.7 Å². The quantitative estimate of drug-likeness (QED) is 0.780. The highest BCUT2D eigenvalue weighted by atomic mass is 16.4. The van der Waals surface area contributed by atoms with Crippen molar-refractivity contribution in [3.8, 4) is 5.75 Å². The molecular formula is C12H6O5-2. The monoisotopic (exact) mass is 230 g/mol. The molecule has 0 amide bonds. The number of benzene rings is 2. The molecule has 0 aromatic heterocycles. The minimum absolute atomic E-state index is 0.207. The molecule has 0 bridgehead atoms. The van der Waals surface area contributed by atoms with Crippen molar-refractivity contribution in [1.29, 1.82) is 0 Å². The Balaban J connectivity index is 2.89. The first-order valence-corrected chi connectivity index (χ1v) is 4.69. The molecule has 1 N–H and O–H groups in total. The lowest BCUT2D eigenvalue weighted by Crippen LogP contribution is -2.25. The fourth-order valence-electron chi connectivity index (χ4n) is 1.71. The van der Waals surface area contributed by atoms with Gasteiger partial charge in [0.1, 0.15) is 0 Å². The summed E-state index contributed by atoms with van der Waals surface area (Å²) in [6, 6.07) is 6.25. The zero-order chi connectivity index (χ0) is 12.6. The largest absolute Gasteiger partial charge is 0.872 e. The highest BCUT2D eigenvalue weighted by molar-refractivity contribution is 6.11. The van der Waals surface area contributed by atoms with Gasteiger partial charge in [0.25, 0.3) is 0 Å². The summed E-state index contributed by atoms with van der Waals surface area (Å²) in [5, 5.41) is 31.5. The van der Waals surface area contributed by atoms with Gasteiger partial charge in [-0.2, -0.15) is 0 Å². The lowest BCUT2D eigenvalue weighted by atomic mass is 9.99. The maximum atomic E-state index is 11.1. The van der Waals surface area contributed by atoms with Gasteiger partial charge in [-0.05, 0) is 10.8 Å². The van der Waals surface area contributed by atoms with Gasteiger partial charge < -0.3 is 20.1 Å². The Kier molecular flexibility index (Phi) is 2.44. The van der Waals surface area contributed by atoms with E-state index in [9.17, 15) is 19.8 Å². The number of carbonyl (C=O) groups excluding carboxylic acids is 1. The summed E-state index contributed by atoms with van der Waals surface area (Å²) in [6.45, 7) is 0. The minimum Gasteiger partial charge on any atom is -0.872 e. The van der Waals surface area contributed by atoms with Crippen molar-refractivity contribution in [2.45, 2.75) is 0 Å². The van der Waals surface area contributed by atoms with Crippen molar-refractivity contribution in [3.05, 3.63) is 41.5 Å². The van der Waals surface area contributed by atoms with E-state index in [2.05, 4.69) is 0 Å². The Morgan fingerprint density at radius 2 is 1.82 bits per heavy atom. The predicted molar refractivity (Wildman–Crippen MR) is 54.7 cm³/mol. The van der Waals surface area contributed by atoms with Crippen molar-refractivity contribution in [2.24, 2.45) is 0 Å². The highest BCUT2D eigenvalue weighted by Gasteiger charge is 2.14. The number of hydrogen-bond acceptors (Lipinski definition) is 4. The average molecular weight is 230 g/mol. The van der Waals surface area contributed by atoms with E-state index < -0.39 is 17.5 Å². The topological polar surface area (TPSA) is 100 Å². The molecule has 0 aliphatic rings. The van der Waals surface area contributed by atoms with Crippen LogP contribution < -0.4 is 10.2 Å². The first-order chi connectivity index (χ1) is 8.00. The van der Waals surface area contributed by atoms with Crippen molar-refractivity contribution in [3.63, 3.8) is 0 Å². The third kappa shape index (κ3) is 1.78. The molecule has 0 atom stereocenters. The van der Waals surface area contributed by atoms with Crippen LogP contribution in [0.3, 0.4) is 0 Å². The second-order valence-electron chi connectivity index (χ2n) is 3.46. The van der Waals surface area contributed by atoms with Crippen LogP contribution >= 0.6 is 0 Å². The summed E-state index contributed by atoms with van der Waals surface area (Å²) in [5.74, 6) is -3.20.